The van der Waals surface area contributed by atoms with Gasteiger partial charge in [0, 0.05) is 11.1 Å². The van der Waals surface area contributed by atoms with Gasteiger partial charge < -0.3 is 5.32 Å². The Morgan fingerprint density at radius 3 is 2.45 bits per heavy atom. The molecule has 0 saturated carbocycles. The van der Waals surface area contributed by atoms with Crippen molar-refractivity contribution in [1.29, 1.82) is 0 Å². The third kappa shape index (κ3) is 3.51. The van der Waals surface area contributed by atoms with E-state index in [-0.39, 0.29) is 11.1 Å². The third-order valence-electron chi connectivity index (χ3n) is 3.33. The first-order chi connectivity index (χ1) is 9.51. The lowest BCUT2D eigenvalue weighted by Crippen LogP contribution is -2.19. The molecule has 106 valence electrons. The lowest BCUT2D eigenvalue weighted by Gasteiger charge is -2.18. The molecule has 0 aliphatic carbocycles. The van der Waals surface area contributed by atoms with Crippen molar-refractivity contribution in [3.05, 3.63) is 69.0 Å². The summed E-state index contributed by atoms with van der Waals surface area (Å²) in [6.07, 6.45) is 0.720. The van der Waals surface area contributed by atoms with Crippen LogP contribution in [0.1, 0.15) is 22.7 Å². The molecule has 0 fully saturated rings. The van der Waals surface area contributed by atoms with Gasteiger partial charge in [0.15, 0.2) is 0 Å². The summed E-state index contributed by atoms with van der Waals surface area (Å²) >= 11 is 12.1. The van der Waals surface area contributed by atoms with Gasteiger partial charge in [-0.25, -0.2) is 4.39 Å². The topological polar surface area (TPSA) is 12.0 Å². The SMILES string of the molecule is CNC(Cc1ccc(C)cc1Cl)c1ccc(F)c(Cl)c1. The first-order valence-corrected chi connectivity index (χ1v) is 7.14. The van der Waals surface area contributed by atoms with Gasteiger partial charge in [0.25, 0.3) is 0 Å². The average Bonchev–Trinajstić information content (AvgIpc) is 2.41. The maximum absolute atomic E-state index is 13.2. The first-order valence-electron chi connectivity index (χ1n) is 6.38. The smallest absolute Gasteiger partial charge is 0.141 e. The highest BCUT2D eigenvalue weighted by atomic mass is 35.5. The number of rotatable bonds is 4. The van der Waals surface area contributed by atoms with Crippen molar-refractivity contribution in [2.24, 2.45) is 0 Å². The number of nitrogens with one attached hydrogen (secondary N) is 1. The van der Waals surface area contributed by atoms with Crippen LogP contribution in [0.5, 0.6) is 0 Å². The predicted molar refractivity (Wildman–Crippen MR) is 83.1 cm³/mol. The lowest BCUT2D eigenvalue weighted by molar-refractivity contribution is 0.586. The van der Waals surface area contributed by atoms with Crippen molar-refractivity contribution >= 4 is 23.2 Å². The Hall–Kier alpha value is -1.09. The van der Waals surface area contributed by atoms with Crippen molar-refractivity contribution in [2.45, 2.75) is 19.4 Å². The van der Waals surface area contributed by atoms with Crippen molar-refractivity contribution < 1.29 is 4.39 Å². The van der Waals surface area contributed by atoms with Crippen molar-refractivity contribution in [2.75, 3.05) is 7.05 Å². The van der Waals surface area contributed by atoms with Crippen molar-refractivity contribution in [3.8, 4) is 0 Å². The monoisotopic (exact) mass is 311 g/mol. The van der Waals surface area contributed by atoms with Crippen LogP contribution in [0, 0.1) is 12.7 Å². The minimum absolute atomic E-state index is 0.0355. The molecule has 2 rings (SSSR count). The van der Waals surface area contributed by atoms with Crippen LogP contribution >= 0.6 is 23.2 Å². The van der Waals surface area contributed by atoms with E-state index in [0.717, 1.165) is 28.1 Å². The van der Waals surface area contributed by atoms with Gasteiger partial charge in [-0.2, -0.15) is 0 Å². The summed E-state index contributed by atoms with van der Waals surface area (Å²) in [7, 11) is 1.87. The van der Waals surface area contributed by atoms with E-state index in [1.165, 1.54) is 6.07 Å². The molecule has 1 nitrogen and oxygen atoms in total. The molecule has 1 atom stereocenters. The van der Waals surface area contributed by atoms with Gasteiger partial charge in [-0.1, -0.05) is 41.4 Å². The highest BCUT2D eigenvalue weighted by Crippen LogP contribution is 2.26. The molecule has 20 heavy (non-hydrogen) atoms. The molecule has 0 aliphatic heterocycles. The lowest BCUT2D eigenvalue weighted by atomic mass is 9.98. The van der Waals surface area contributed by atoms with Crippen LogP contribution in [0.3, 0.4) is 0 Å². The molecule has 1 unspecified atom stereocenters. The second-order valence-corrected chi connectivity index (χ2v) is 5.63. The van der Waals surface area contributed by atoms with E-state index in [0.29, 0.717) is 0 Å². The van der Waals surface area contributed by atoms with Gasteiger partial charge in [-0.3, -0.25) is 0 Å². The van der Waals surface area contributed by atoms with Crippen LogP contribution < -0.4 is 5.32 Å². The quantitative estimate of drug-likeness (QED) is 0.843. The molecule has 0 amide bonds. The molecule has 0 bridgehead atoms. The highest BCUT2D eigenvalue weighted by Gasteiger charge is 2.14. The highest BCUT2D eigenvalue weighted by molar-refractivity contribution is 6.31. The Labute approximate surface area is 128 Å². The zero-order valence-electron chi connectivity index (χ0n) is 11.4. The summed E-state index contributed by atoms with van der Waals surface area (Å²) in [5, 5.41) is 4.10. The average molecular weight is 312 g/mol. The van der Waals surface area contributed by atoms with Crippen LogP contribution in [0.2, 0.25) is 10.0 Å². The zero-order valence-corrected chi connectivity index (χ0v) is 12.9. The molecule has 0 heterocycles. The van der Waals surface area contributed by atoms with E-state index in [1.807, 2.05) is 32.2 Å². The molecule has 0 radical (unpaired) electrons. The third-order valence-corrected chi connectivity index (χ3v) is 3.97. The maximum Gasteiger partial charge on any atom is 0.141 e. The molecule has 4 heteroatoms. The molecule has 2 aromatic carbocycles. The largest absolute Gasteiger partial charge is 0.313 e. The molecular formula is C16H16Cl2FN. The summed E-state index contributed by atoms with van der Waals surface area (Å²) in [5.41, 5.74) is 3.12. The molecule has 0 saturated heterocycles. The van der Waals surface area contributed by atoms with E-state index < -0.39 is 5.82 Å². The number of benzene rings is 2. The van der Waals surface area contributed by atoms with Gasteiger partial charge in [-0.15, -0.1) is 0 Å². The Morgan fingerprint density at radius 1 is 1.10 bits per heavy atom. The molecule has 0 spiro atoms. The second kappa shape index (κ2) is 6.57. The van der Waals surface area contributed by atoms with Gasteiger partial charge in [-0.05, 0) is 55.3 Å². The summed E-state index contributed by atoms with van der Waals surface area (Å²) in [5.74, 6) is -0.404. The first kappa shape index (κ1) is 15.3. The molecule has 0 aromatic heterocycles. The zero-order chi connectivity index (χ0) is 14.7. The summed E-state index contributed by atoms with van der Waals surface area (Å²) in [6, 6.07) is 10.8. The Balaban J connectivity index is 2.26. The second-order valence-electron chi connectivity index (χ2n) is 4.81. The van der Waals surface area contributed by atoms with Crippen molar-refractivity contribution in [1.82, 2.24) is 5.32 Å². The van der Waals surface area contributed by atoms with Gasteiger partial charge in [0.2, 0.25) is 0 Å². The van der Waals surface area contributed by atoms with Gasteiger partial charge >= 0.3 is 0 Å². The molecule has 2 aromatic rings. The fourth-order valence-electron chi connectivity index (χ4n) is 2.15. The molecule has 0 aliphatic rings. The van der Waals surface area contributed by atoms with Crippen LogP contribution in [0.4, 0.5) is 4.39 Å². The number of hydrogen-bond donors (Lipinski definition) is 1. The van der Waals surface area contributed by atoms with Crippen molar-refractivity contribution in [3.63, 3.8) is 0 Å². The Bertz CT molecular complexity index is 613. The fraction of sp³-hybridized carbons (Fsp3) is 0.250. The summed E-state index contributed by atoms with van der Waals surface area (Å²) in [4.78, 5) is 0. The van der Waals surface area contributed by atoms with E-state index >= 15 is 0 Å². The normalized spacial score (nSPS) is 12.4. The van der Waals surface area contributed by atoms with Gasteiger partial charge in [0.05, 0.1) is 5.02 Å². The van der Waals surface area contributed by atoms with Crippen LogP contribution in [0.25, 0.3) is 0 Å². The predicted octanol–water partition coefficient (Wildman–Crippen LogP) is 4.94. The van der Waals surface area contributed by atoms with Crippen LogP contribution in [0.15, 0.2) is 36.4 Å². The summed E-state index contributed by atoms with van der Waals surface area (Å²) < 4.78 is 13.2. The minimum atomic E-state index is -0.404. The Kier molecular flexibility index (Phi) is 5.03. The van der Waals surface area contributed by atoms with Gasteiger partial charge in [0.1, 0.15) is 5.82 Å². The number of halogens is 3. The molecular weight excluding hydrogens is 296 g/mol. The van der Waals surface area contributed by atoms with E-state index in [2.05, 4.69) is 5.32 Å². The minimum Gasteiger partial charge on any atom is -0.313 e. The maximum atomic E-state index is 13.2. The van der Waals surface area contributed by atoms with Crippen LogP contribution in [-0.2, 0) is 6.42 Å². The number of likely N-dealkylation sites (N-methyl/N-ethyl adjacent to an activating group) is 1. The standard InChI is InChI=1S/C16H16Cl2FN/c1-10-3-4-11(13(17)7-10)9-16(20-2)12-5-6-15(19)14(18)8-12/h3-8,16,20H,9H2,1-2H3. The number of aryl methyl sites for hydroxylation is 1. The van der Waals surface area contributed by atoms with E-state index in [9.17, 15) is 4.39 Å². The summed E-state index contributed by atoms with van der Waals surface area (Å²) in [6.45, 7) is 2.00. The van der Waals surface area contributed by atoms with Crippen LogP contribution in [-0.4, -0.2) is 7.05 Å². The van der Waals surface area contributed by atoms with E-state index in [4.69, 9.17) is 23.2 Å². The fourth-order valence-corrected chi connectivity index (χ4v) is 2.65. The van der Waals surface area contributed by atoms with E-state index in [1.54, 1.807) is 12.1 Å². The number of hydrogen-bond acceptors (Lipinski definition) is 1. The Morgan fingerprint density at radius 2 is 1.85 bits per heavy atom. The molecule has 1 N–H and O–H groups in total.